The van der Waals surface area contributed by atoms with Crippen molar-refractivity contribution in [3.8, 4) is 5.75 Å². The number of aryl methyl sites for hydroxylation is 2. The Morgan fingerprint density at radius 1 is 1.12 bits per heavy atom. The Hall–Kier alpha value is -3.66. The van der Waals surface area contributed by atoms with E-state index in [-0.39, 0.29) is 28.3 Å². The zero-order chi connectivity index (χ0) is 24.8. The van der Waals surface area contributed by atoms with E-state index in [9.17, 15) is 33.0 Å². The van der Waals surface area contributed by atoms with Gasteiger partial charge in [-0.05, 0) is 49.2 Å². The Labute approximate surface area is 196 Å². The third-order valence-electron chi connectivity index (χ3n) is 5.47. The van der Waals surface area contributed by atoms with Crippen molar-refractivity contribution in [2.45, 2.75) is 32.6 Å². The van der Waals surface area contributed by atoms with E-state index in [1.54, 1.807) is 13.8 Å². The minimum absolute atomic E-state index is 0.0486. The molecule has 0 saturated carbocycles. The first-order chi connectivity index (χ1) is 16.0. The highest BCUT2D eigenvalue weighted by Gasteiger charge is 2.44. The summed E-state index contributed by atoms with van der Waals surface area (Å²) in [6, 6.07) is 9.15. The van der Waals surface area contributed by atoms with Gasteiger partial charge < -0.3 is 15.1 Å². The van der Waals surface area contributed by atoms with E-state index in [0.717, 1.165) is 28.4 Å². The van der Waals surface area contributed by atoms with Gasteiger partial charge in [0.05, 0.1) is 32.8 Å². The maximum Gasteiger partial charge on any atom is 0.416 e. The Bertz CT molecular complexity index is 1310. The summed E-state index contributed by atoms with van der Waals surface area (Å²) in [5.74, 6) is -2.27. The number of halogens is 3. The van der Waals surface area contributed by atoms with Gasteiger partial charge in [0.15, 0.2) is 5.76 Å². The molecule has 0 bridgehead atoms. The van der Waals surface area contributed by atoms with Gasteiger partial charge in [-0.3, -0.25) is 9.59 Å². The number of phenols is 1. The van der Waals surface area contributed by atoms with Crippen LogP contribution in [0.3, 0.4) is 0 Å². The van der Waals surface area contributed by atoms with Crippen LogP contribution in [0.5, 0.6) is 5.75 Å². The van der Waals surface area contributed by atoms with Gasteiger partial charge in [-0.25, -0.2) is 4.98 Å². The van der Waals surface area contributed by atoms with Crippen molar-refractivity contribution in [2.24, 2.45) is 0 Å². The number of aromatic nitrogens is 1. The fourth-order valence-electron chi connectivity index (χ4n) is 3.96. The first-order valence-corrected chi connectivity index (χ1v) is 11.0. The molecule has 176 valence electrons. The second kappa shape index (κ2) is 8.60. The summed E-state index contributed by atoms with van der Waals surface area (Å²) in [4.78, 5) is 32.1. The summed E-state index contributed by atoms with van der Waals surface area (Å²) in [6.07, 6.45) is -4.57. The molecular formula is C24H19F3N2O4S. The number of carbonyl (C=O) groups excluding carboxylic acids is 2. The average molecular weight is 488 g/mol. The number of nitrogens with zero attached hydrogens (tertiary/aromatic N) is 2. The van der Waals surface area contributed by atoms with Gasteiger partial charge in [0.25, 0.3) is 5.91 Å². The fraction of sp³-hybridized carbons (Fsp3) is 0.208. The van der Waals surface area contributed by atoms with E-state index in [1.165, 1.54) is 36.4 Å². The Balaban J connectivity index is 1.79. The number of phenolic OH excluding ortho intramolecular Hbond substituents is 1. The predicted octanol–water partition coefficient (Wildman–Crippen LogP) is 5.26. The van der Waals surface area contributed by atoms with E-state index in [2.05, 4.69) is 4.98 Å². The van der Waals surface area contributed by atoms with Crippen LogP contribution in [0, 0.1) is 13.8 Å². The average Bonchev–Trinajstić information content (AvgIpc) is 3.24. The number of thiazole rings is 1. The van der Waals surface area contributed by atoms with Crippen LogP contribution in [0.4, 0.5) is 13.2 Å². The van der Waals surface area contributed by atoms with Crippen molar-refractivity contribution in [1.29, 1.82) is 0 Å². The van der Waals surface area contributed by atoms with Gasteiger partial charge >= 0.3 is 6.18 Å². The molecule has 4 rings (SSSR count). The Kier molecular flexibility index (Phi) is 5.94. The normalized spacial score (nSPS) is 16.4. The number of hydrogen-bond acceptors (Lipinski definition) is 6. The number of amides is 1. The summed E-state index contributed by atoms with van der Waals surface area (Å²) in [6.45, 7) is 3.08. The largest absolute Gasteiger partial charge is 0.508 e. The van der Waals surface area contributed by atoms with E-state index in [1.807, 2.05) is 0 Å². The summed E-state index contributed by atoms with van der Waals surface area (Å²) in [5, 5.41) is 21.0. The second-order valence-electron chi connectivity index (χ2n) is 7.86. The number of aliphatic hydroxyl groups excluding tert-OH is 1. The number of carbonyl (C=O) groups is 2. The molecular weight excluding hydrogens is 469 g/mol. The lowest BCUT2D eigenvalue weighted by Crippen LogP contribution is -2.30. The molecule has 10 heteroatoms. The maximum absolute atomic E-state index is 13.4. The predicted molar refractivity (Wildman–Crippen MR) is 118 cm³/mol. The molecule has 3 aromatic rings. The van der Waals surface area contributed by atoms with Gasteiger partial charge in [0.2, 0.25) is 5.78 Å². The molecule has 6 nitrogen and oxygen atoms in total. The van der Waals surface area contributed by atoms with Crippen LogP contribution in [-0.2, 0) is 17.5 Å². The van der Waals surface area contributed by atoms with Crippen molar-refractivity contribution in [2.75, 3.05) is 0 Å². The first-order valence-electron chi connectivity index (χ1n) is 10.1. The lowest BCUT2D eigenvalue weighted by Gasteiger charge is -2.27. The molecule has 1 amide bonds. The zero-order valence-corrected chi connectivity index (χ0v) is 18.9. The lowest BCUT2D eigenvalue weighted by atomic mass is 9.94. The molecule has 1 aliphatic heterocycles. The summed E-state index contributed by atoms with van der Waals surface area (Å²) < 4.78 is 39.6. The monoisotopic (exact) mass is 488 g/mol. The minimum atomic E-state index is -4.57. The summed E-state index contributed by atoms with van der Waals surface area (Å²) >= 11 is 1.12. The van der Waals surface area contributed by atoms with E-state index in [4.69, 9.17) is 0 Å². The van der Waals surface area contributed by atoms with Crippen LogP contribution in [-0.4, -0.2) is 31.8 Å². The van der Waals surface area contributed by atoms with Crippen LogP contribution in [0.1, 0.15) is 43.1 Å². The van der Waals surface area contributed by atoms with Gasteiger partial charge in [0.1, 0.15) is 5.75 Å². The van der Waals surface area contributed by atoms with Crippen LogP contribution in [0.2, 0.25) is 0 Å². The molecule has 1 unspecified atom stereocenters. The molecule has 1 aromatic heterocycles. The lowest BCUT2D eigenvalue weighted by molar-refractivity contribution is -0.137. The summed E-state index contributed by atoms with van der Waals surface area (Å²) in [5.41, 5.74) is -0.0276. The van der Waals surface area contributed by atoms with Crippen molar-refractivity contribution >= 4 is 23.0 Å². The molecule has 1 atom stereocenters. The van der Waals surface area contributed by atoms with Crippen LogP contribution >= 0.6 is 11.3 Å². The molecule has 1 aliphatic rings. The van der Waals surface area contributed by atoms with Gasteiger partial charge in [-0.15, -0.1) is 11.3 Å². The number of aliphatic hydroxyl groups is 1. The van der Waals surface area contributed by atoms with Crippen molar-refractivity contribution in [3.63, 3.8) is 0 Å². The van der Waals surface area contributed by atoms with Gasteiger partial charge in [-0.2, -0.15) is 13.2 Å². The molecule has 2 N–H and O–H groups in total. The van der Waals surface area contributed by atoms with Crippen molar-refractivity contribution < 1.29 is 33.0 Å². The highest BCUT2D eigenvalue weighted by molar-refractivity contribution is 7.14. The van der Waals surface area contributed by atoms with Crippen molar-refractivity contribution in [1.82, 2.24) is 9.88 Å². The maximum atomic E-state index is 13.4. The minimum Gasteiger partial charge on any atom is -0.508 e. The molecule has 34 heavy (non-hydrogen) atoms. The number of benzene rings is 2. The fourth-order valence-corrected chi connectivity index (χ4v) is 4.83. The van der Waals surface area contributed by atoms with E-state index in [0.29, 0.717) is 16.3 Å². The van der Waals surface area contributed by atoms with Crippen LogP contribution in [0.25, 0.3) is 0 Å². The number of ketones is 1. The SMILES string of the molecule is Cc1nc(C)c(C(=O)C2=C(O)C(=O)N(Cc3cccc(C(F)(F)F)c3)C2c2ccc(O)cc2)s1. The third-order valence-corrected chi connectivity index (χ3v) is 6.55. The standard InChI is InChI=1S/C24H19F3N2O4S/c1-12-22(34-13(2)28-12)20(31)18-19(15-6-8-17(30)9-7-15)29(23(33)21(18)32)11-14-4-3-5-16(10-14)24(25,26)27/h3-10,19,30,32H,11H2,1-2H3. The van der Waals surface area contributed by atoms with Crippen LogP contribution < -0.4 is 0 Å². The first kappa shape index (κ1) is 23.5. The van der Waals surface area contributed by atoms with E-state index < -0.39 is 35.2 Å². The molecule has 0 aliphatic carbocycles. The molecule has 2 heterocycles. The molecule has 0 radical (unpaired) electrons. The smallest absolute Gasteiger partial charge is 0.416 e. The van der Waals surface area contributed by atoms with Gasteiger partial charge in [-0.1, -0.05) is 24.3 Å². The number of Topliss-reactive ketones (excluding diaryl/α,β-unsaturated/α-hetero) is 1. The number of rotatable bonds is 5. The number of hydrogen-bond donors (Lipinski definition) is 2. The molecule has 0 fully saturated rings. The molecule has 0 spiro atoms. The zero-order valence-electron chi connectivity index (χ0n) is 18.1. The molecule has 0 saturated heterocycles. The third kappa shape index (κ3) is 4.28. The van der Waals surface area contributed by atoms with Gasteiger partial charge in [0, 0.05) is 6.54 Å². The highest BCUT2D eigenvalue weighted by atomic mass is 32.1. The molecule has 2 aromatic carbocycles. The quantitative estimate of drug-likeness (QED) is 0.478. The summed E-state index contributed by atoms with van der Waals surface area (Å²) in [7, 11) is 0. The van der Waals surface area contributed by atoms with Crippen molar-refractivity contribution in [3.05, 3.63) is 92.1 Å². The number of alkyl halides is 3. The Morgan fingerprint density at radius 2 is 1.79 bits per heavy atom. The topological polar surface area (TPSA) is 90.7 Å². The number of aromatic hydroxyl groups is 1. The van der Waals surface area contributed by atoms with Crippen LogP contribution in [0.15, 0.2) is 59.9 Å². The second-order valence-corrected chi connectivity index (χ2v) is 9.07. The Morgan fingerprint density at radius 3 is 2.38 bits per heavy atom. The highest BCUT2D eigenvalue weighted by Crippen LogP contribution is 2.41. The van der Waals surface area contributed by atoms with E-state index >= 15 is 0 Å².